The number of nitrogens with zero attached hydrogens (tertiary/aromatic N) is 1. The normalized spacial score (nSPS) is 19.5. The van der Waals surface area contributed by atoms with Crippen molar-refractivity contribution in [2.24, 2.45) is 0 Å². The smallest absolute Gasteiger partial charge is 0.260 e. The Balaban J connectivity index is 2.27. The molecule has 1 saturated heterocycles. The Morgan fingerprint density at radius 1 is 1.05 bits per heavy atom. The molecule has 3 rings (SSSR count). The minimum atomic E-state index is -0.253. The zero-order chi connectivity index (χ0) is 13.2. The minimum absolute atomic E-state index is 0.137. The molecule has 0 spiro atoms. The maximum Gasteiger partial charge on any atom is 0.260 e. The van der Waals surface area contributed by atoms with Crippen molar-refractivity contribution in [1.82, 2.24) is 4.57 Å². The topological polar surface area (TPSA) is 48.3 Å². The van der Waals surface area contributed by atoms with Gasteiger partial charge in [-0.2, -0.15) is 0 Å². The summed E-state index contributed by atoms with van der Waals surface area (Å²) >= 11 is 0. The van der Waals surface area contributed by atoms with E-state index in [-0.39, 0.29) is 17.2 Å². The number of hydrogen-bond donors (Lipinski definition) is 0. The van der Waals surface area contributed by atoms with Crippen molar-refractivity contribution in [2.75, 3.05) is 6.61 Å². The summed E-state index contributed by atoms with van der Waals surface area (Å²) in [5, 5.41) is 0.911. The number of fused-ring (bicyclic) bond motifs is 1. The standard InChI is InChI=1S/C15H15NO3/c17-13-8-9-16(14-7-3-4-10-19-14)15(18)12-6-2-1-5-11(12)13/h1-2,5-6,8-9,14H,3-4,7,10H2/t14-/m1/s1. The van der Waals surface area contributed by atoms with Gasteiger partial charge in [0.05, 0.1) is 5.39 Å². The number of rotatable bonds is 1. The quantitative estimate of drug-likeness (QED) is 0.785. The van der Waals surface area contributed by atoms with E-state index in [0.717, 1.165) is 19.3 Å². The zero-order valence-corrected chi connectivity index (χ0v) is 10.5. The molecular formula is C15H15NO3. The molecule has 2 heterocycles. The summed E-state index contributed by atoms with van der Waals surface area (Å²) < 4.78 is 7.18. The van der Waals surface area contributed by atoms with Crippen LogP contribution in [0.25, 0.3) is 10.8 Å². The lowest BCUT2D eigenvalue weighted by Gasteiger charge is -2.23. The largest absolute Gasteiger partial charge is 0.358 e. The van der Waals surface area contributed by atoms with Crippen molar-refractivity contribution in [1.29, 1.82) is 0 Å². The first-order chi connectivity index (χ1) is 9.27. The molecule has 1 aliphatic rings. The van der Waals surface area contributed by atoms with Gasteiger partial charge in [-0.15, -0.1) is 0 Å². The summed E-state index contributed by atoms with van der Waals surface area (Å²) in [6.45, 7) is 0.665. The maximum absolute atomic E-state index is 12.5. The SMILES string of the molecule is O=c1ccn([C@H]2CCCCO2)c(=O)c2ccccc12. The fourth-order valence-corrected chi connectivity index (χ4v) is 2.50. The molecule has 1 aromatic heterocycles. The zero-order valence-electron chi connectivity index (χ0n) is 10.5. The highest BCUT2D eigenvalue weighted by atomic mass is 16.5. The van der Waals surface area contributed by atoms with Crippen LogP contribution in [0.15, 0.2) is 46.1 Å². The summed E-state index contributed by atoms with van der Waals surface area (Å²) in [5.41, 5.74) is -0.299. The van der Waals surface area contributed by atoms with E-state index in [0.29, 0.717) is 17.4 Å². The van der Waals surface area contributed by atoms with Crippen LogP contribution in [0, 0.1) is 0 Å². The van der Waals surface area contributed by atoms with Crippen molar-refractivity contribution in [3.05, 3.63) is 57.1 Å². The molecule has 0 bridgehead atoms. The Morgan fingerprint density at radius 2 is 1.84 bits per heavy atom. The summed E-state index contributed by atoms with van der Waals surface area (Å²) in [5.74, 6) is 0. The Kier molecular flexibility index (Phi) is 3.17. The van der Waals surface area contributed by atoms with Crippen LogP contribution in [0.1, 0.15) is 25.5 Å². The Morgan fingerprint density at radius 3 is 2.58 bits per heavy atom. The van der Waals surface area contributed by atoms with Gasteiger partial charge in [-0.1, -0.05) is 18.2 Å². The lowest BCUT2D eigenvalue weighted by Crippen LogP contribution is -2.27. The predicted octanol–water partition coefficient (Wildman–Crippen LogP) is 2.06. The van der Waals surface area contributed by atoms with E-state index in [9.17, 15) is 9.59 Å². The highest BCUT2D eigenvalue weighted by molar-refractivity contribution is 5.80. The molecule has 0 N–H and O–H groups in total. The van der Waals surface area contributed by atoms with Gasteiger partial charge in [0.2, 0.25) is 0 Å². The maximum atomic E-state index is 12.5. The lowest BCUT2D eigenvalue weighted by atomic mass is 10.2. The van der Waals surface area contributed by atoms with Gasteiger partial charge >= 0.3 is 0 Å². The van der Waals surface area contributed by atoms with Crippen LogP contribution >= 0.6 is 0 Å². The summed E-state index contributed by atoms with van der Waals surface area (Å²) in [4.78, 5) is 24.5. The molecule has 1 fully saturated rings. The molecule has 1 aliphatic heterocycles. The molecule has 4 heteroatoms. The van der Waals surface area contributed by atoms with Gasteiger partial charge in [0.25, 0.3) is 5.56 Å². The molecule has 0 radical (unpaired) electrons. The second-order valence-electron chi connectivity index (χ2n) is 4.76. The van der Waals surface area contributed by atoms with E-state index in [1.807, 2.05) is 0 Å². The van der Waals surface area contributed by atoms with E-state index < -0.39 is 0 Å². The third kappa shape index (κ3) is 2.19. The average molecular weight is 257 g/mol. The Hall–Kier alpha value is -1.94. The molecule has 0 unspecified atom stereocenters. The Labute approximate surface area is 110 Å². The van der Waals surface area contributed by atoms with Crippen LogP contribution in [0.5, 0.6) is 0 Å². The molecule has 1 atom stereocenters. The molecular weight excluding hydrogens is 242 g/mol. The van der Waals surface area contributed by atoms with Crippen LogP contribution in [0.3, 0.4) is 0 Å². The van der Waals surface area contributed by atoms with Crippen molar-refractivity contribution < 1.29 is 4.74 Å². The highest BCUT2D eigenvalue weighted by Gasteiger charge is 2.17. The van der Waals surface area contributed by atoms with Gasteiger partial charge in [-0.25, -0.2) is 0 Å². The van der Waals surface area contributed by atoms with E-state index in [1.165, 1.54) is 6.07 Å². The second kappa shape index (κ2) is 4.97. The molecule has 98 valence electrons. The molecule has 0 saturated carbocycles. The van der Waals surface area contributed by atoms with Crippen LogP contribution < -0.4 is 11.0 Å². The lowest BCUT2D eigenvalue weighted by molar-refractivity contribution is -0.0337. The van der Waals surface area contributed by atoms with Crippen molar-refractivity contribution >= 4 is 10.8 Å². The number of ether oxygens (including phenoxy) is 1. The molecule has 0 aliphatic carbocycles. The monoisotopic (exact) mass is 257 g/mol. The van der Waals surface area contributed by atoms with Crippen LogP contribution in [0.4, 0.5) is 0 Å². The van der Waals surface area contributed by atoms with Gasteiger partial charge in [0.1, 0.15) is 6.23 Å². The number of aromatic nitrogens is 1. The molecule has 0 amide bonds. The van der Waals surface area contributed by atoms with Gasteiger partial charge in [-0.3, -0.25) is 14.2 Å². The molecule has 4 nitrogen and oxygen atoms in total. The van der Waals surface area contributed by atoms with Crippen molar-refractivity contribution in [3.63, 3.8) is 0 Å². The molecule has 2 aromatic rings. The van der Waals surface area contributed by atoms with Crippen LogP contribution in [-0.2, 0) is 4.74 Å². The fourth-order valence-electron chi connectivity index (χ4n) is 2.50. The summed E-state index contributed by atoms with van der Waals surface area (Å²) in [6, 6.07) is 8.37. The summed E-state index contributed by atoms with van der Waals surface area (Å²) in [6.07, 6.45) is 4.18. The first kappa shape index (κ1) is 12.1. The van der Waals surface area contributed by atoms with Gasteiger partial charge in [0, 0.05) is 24.3 Å². The van der Waals surface area contributed by atoms with E-state index >= 15 is 0 Å². The van der Waals surface area contributed by atoms with Crippen molar-refractivity contribution in [3.8, 4) is 0 Å². The second-order valence-corrected chi connectivity index (χ2v) is 4.76. The van der Waals surface area contributed by atoms with Gasteiger partial charge in [0.15, 0.2) is 5.43 Å². The fraction of sp³-hybridized carbons (Fsp3) is 0.333. The first-order valence-electron chi connectivity index (χ1n) is 6.53. The van der Waals surface area contributed by atoms with Gasteiger partial charge < -0.3 is 4.74 Å². The average Bonchev–Trinajstić information content (AvgIpc) is 2.59. The number of hydrogen-bond acceptors (Lipinski definition) is 3. The minimum Gasteiger partial charge on any atom is -0.358 e. The van der Waals surface area contributed by atoms with Crippen LogP contribution in [0.2, 0.25) is 0 Å². The predicted molar refractivity (Wildman–Crippen MR) is 73.3 cm³/mol. The molecule has 19 heavy (non-hydrogen) atoms. The number of benzene rings is 1. The van der Waals surface area contributed by atoms with Crippen LogP contribution in [-0.4, -0.2) is 11.2 Å². The third-order valence-electron chi connectivity index (χ3n) is 3.51. The van der Waals surface area contributed by atoms with Gasteiger partial charge in [-0.05, 0) is 25.3 Å². The Bertz CT molecular complexity index is 714. The third-order valence-corrected chi connectivity index (χ3v) is 3.51. The summed E-state index contributed by atoms with van der Waals surface area (Å²) in [7, 11) is 0. The first-order valence-corrected chi connectivity index (χ1v) is 6.53. The van der Waals surface area contributed by atoms with Crippen molar-refractivity contribution in [2.45, 2.75) is 25.5 Å². The van der Waals surface area contributed by atoms with E-state index in [2.05, 4.69) is 0 Å². The van der Waals surface area contributed by atoms with E-state index in [4.69, 9.17) is 4.74 Å². The molecule has 1 aromatic carbocycles. The highest BCUT2D eigenvalue weighted by Crippen LogP contribution is 2.20. The van der Waals surface area contributed by atoms with E-state index in [1.54, 1.807) is 35.0 Å².